The Bertz CT molecular complexity index is 430. The summed E-state index contributed by atoms with van der Waals surface area (Å²) < 4.78 is 1.05. The maximum absolute atomic E-state index is 9.21. The number of aliphatic hydroxyl groups is 1. The molecule has 1 aromatic rings. The first kappa shape index (κ1) is 9.69. The minimum Gasteiger partial charge on any atom is -0.392 e. The molecule has 0 saturated carbocycles. The van der Waals surface area contributed by atoms with Gasteiger partial charge in [0, 0.05) is 4.47 Å². The molecule has 14 heavy (non-hydrogen) atoms. The van der Waals surface area contributed by atoms with E-state index in [2.05, 4.69) is 28.1 Å². The number of aliphatic hydroxyl groups excluding tert-OH is 1. The SMILES string of the molecule is C/C=C1\C=C(CO)c2cc(Br)ccc21. The molecule has 0 unspecified atom stereocenters. The molecule has 0 spiro atoms. The van der Waals surface area contributed by atoms with E-state index >= 15 is 0 Å². The minimum atomic E-state index is 0.0980. The zero-order chi connectivity index (χ0) is 10.1. The molecule has 0 amide bonds. The van der Waals surface area contributed by atoms with E-state index in [1.54, 1.807) is 0 Å². The molecule has 72 valence electrons. The van der Waals surface area contributed by atoms with Crippen LogP contribution in [0.4, 0.5) is 0 Å². The summed E-state index contributed by atoms with van der Waals surface area (Å²) in [5, 5.41) is 9.21. The summed E-state index contributed by atoms with van der Waals surface area (Å²) in [5.74, 6) is 0. The molecule has 0 aliphatic heterocycles. The standard InChI is InChI=1S/C12H11BrO/c1-2-8-5-9(7-14)12-6-10(13)3-4-11(8)12/h2-6,14H,7H2,1H3/b8-2+. The number of hydrogen-bond acceptors (Lipinski definition) is 1. The number of fused-ring (bicyclic) bond motifs is 1. The Morgan fingerprint density at radius 2 is 2.14 bits per heavy atom. The fourth-order valence-electron chi connectivity index (χ4n) is 1.75. The van der Waals surface area contributed by atoms with Gasteiger partial charge in [-0.15, -0.1) is 0 Å². The molecule has 0 heterocycles. The lowest BCUT2D eigenvalue weighted by molar-refractivity contribution is 0.350. The summed E-state index contributed by atoms with van der Waals surface area (Å²) in [6, 6.07) is 6.15. The van der Waals surface area contributed by atoms with Gasteiger partial charge in [-0.3, -0.25) is 0 Å². The van der Waals surface area contributed by atoms with Crippen LogP contribution >= 0.6 is 15.9 Å². The number of benzene rings is 1. The van der Waals surface area contributed by atoms with Crippen molar-refractivity contribution in [1.82, 2.24) is 0 Å². The van der Waals surface area contributed by atoms with Gasteiger partial charge in [0.25, 0.3) is 0 Å². The van der Waals surface area contributed by atoms with E-state index in [1.165, 1.54) is 11.1 Å². The summed E-state index contributed by atoms with van der Waals surface area (Å²) in [4.78, 5) is 0. The van der Waals surface area contributed by atoms with Crippen molar-refractivity contribution < 1.29 is 5.11 Å². The molecular formula is C12H11BrO. The van der Waals surface area contributed by atoms with E-state index in [-0.39, 0.29) is 6.61 Å². The Hall–Kier alpha value is -0.860. The van der Waals surface area contributed by atoms with Crippen LogP contribution in [0.5, 0.6) is 0 Å². The predicted molar refractivity (Wildman–Crippen MR) is 62.9 cm³/mol. The second-order valence-electron chi connectivity index (χ2n) is 3.26. The summed E-state index contributed by atoms with van der Waals surface area (Å²) in [6.45, 7) is 2.11. The van der Waals surface area contributed by atoms with Crippen molar-refractivity contribution in [2.45, 2.75) is 6.92 Å². The van der Waals surface area contributed by atoms with Gasteiger partial charge in [-0.25, -0.2) is 0 Å². The van der Waals surface area contributed by atoms with Crippen molar-refractivity contribution in [1.29, 1.82) is 0 Å². The molecule has 1 aromatic carbocycles. The van der Waals surface area contributed by atoms with Crippen LogP contribution in [0.2, 0.25) is 0 Å². The van der Waals surface area contributed by atoms with Crippen LogP contribution in [0.25, 0.3) is 11.1 Å². The summed E-state index contributed by atoms with van der Waals surface area (Å²) in [6.07, 6.45) is 4.10. The van der Waals surface area contributed by atoms with Gasteiger partial charge in [-0.2, -0.15) is 0 Å². The van der Waals surface area contributed by atoms with Crippen molar-refractivity contribution in [2.24, 2.45) is 0 Å². The van der Waals surface area contributed by atoms with Crippen LogP contribution in [-0.4, -0.2) is 11.7 Å². The molecule has 0 radical (unpaired) electrons. The number of rotatable bonds is 1. The quantitative estimate of drug-likeness (QED) is 0.812. The summed E-state index contributed by atoms with van der Waals surface area (Å²) in [7, 11) is 0. The first-order valence-electron chi connectivity index (χ1n) is 4.54. The highest BCUT2D eigenvalue weighted by Gasteiger charge is 2.16. The fourth-order valence-corrected chi connectivity index (χ4v) is 2.11. The Labute approximate surface area is 91.9 Å². The fraction of sp³-hybridized carbons (Fsp3) is 0.167. The molecule has 0 saturated heterocycles. The lowest BCUT2D eigenvalue weighted by Gasteiger charge is -2.03. The molecule has 1 aliphatic carbocycles. The second-order valence-corrected chi connectivity index (χ2v) is 4.18. The van der Waals surface area contributed by atoms with E-state index in [4.69, 9.17) is 0 Å². The Morgan fingerprint density at radius 3 is 2.79 bits per heavy atom. The number of hydrogen-bond donors (Lipinski definition) is 1. The third-order valence-corrected chi connectivity index (χ3v) is 2.94. The third-order valence-electron chi connectivity index (χ3n) is 2.45. The van der Waals surface area contributed by atoms with Gasteiger partial charge >= 0.3 is 0 Å². The highest BCUT2D eigenvalue weighted by atomic mass is 79.9. The molecule has 0 atom stereocenters. The maximum atomic E-state index is 9.21. The molecule has 1 aliphatic rings. The predicted octanol–water partition coefficient (Wildman–Crippen LogP) is 3.24. The van der Waals surface area contributed by atoms with Crippen LogP contribution in [0.1, 0.15) is 18.1 Å². The molecular weight excluding hydrogens is 240 g/mol. The molecule has 1 N–H and O–H groups in total. The van der Waals surface area contributed by atoms with Crippen molar-refractivity contribution in [3.8, 4) is 0 Å². The zero-order valence-corrected chi connectivity index (χ0v) is 9.51. The monoisotopic (exact) mass is 250 g/mol. The van der Waals surface area contributed by atoms with Crippen LogP contribution in [0.15, 0.2) is 34.8 Å². The first-order chi connectivity index (χ1) is 6.76. The molecule has 2 heteroatoms. The van der Waals surface area contributed by atoms with E-state index in [0.29, 0.717) is 0 Å². The zero-order valence-electron chi connectivity index (χ0n) is 7.92. The van der Waals surface area contributed by atoms with Gasteiger partial charge in [0.1, 0.15) is 0 Å². The maximum Gasteiger partial charge on any atom is 0.0688 e. The van der Waals surface area contributed by atoms with Gasteiger partial charge in [0.15, 0.2) is 0 Å². The van der Waals surface area contributed by atoms with Gasteiger partial charge in [0.2, 0.25) is 0 Å². The lowest BCUT2D eigenvalue weighted by atomic mass is 10.0. The Morgan fingerprint density at radius 1 is 1.36 bits per heavy atom. The van der Waals surface area contributed by atoms with Gasteiger partial charge in [-0.05, 0) is 47.4 Å². The second kappa shape index (κ2) is 3.71. The molecule has 2 rings (SSSR count). The number of allylic oxidation sites excluding steroid dienone is 3. The van der Waals surface area contributed by atoms with Crippen LogP contribution < -0.4 is 0 Å². The van der Waals surface area contributed by atoms with Crippen molar-refractivity contribution in [2.75, 3.05) is 6.61 Å². The topological polar surface area (TPSA) is 20.2 Å². The molecule has 1 nitrogen and oxygen atoms in total. The molecule has 0 fully saturated rings. The van der Waals surface area contributed by atoms with Gasteiger partial charge in [0.05, 0.1) is 6.61 Å². The normalized spacial score (nSPS) is 17.1. The summed E-state index contributed by atoms with van der Waals surface area (Å²) >= 11 is 3.44. The molecule has 0 bridgehead atoms. The molecule has 0 aromatic heterocycles. The van der Waals surface area contributed by atoms with Crippen molar-refractivity contribution in [3.05, 3.63) is 46.0 Å². The number of halogens is 1. The average Bonchev–Trinajstić information content (AvgIpc) is 2.55. The largest absolute Gasteiger partial charge is 0.392 e. The average molecular weight is 251 g/mol. The third kappa shape index (κ3) is 1.45. The Balaban J connectivity index is 2.62. The van der Waals surface area contributed by atoms with Crippen molar-refractivity contribution in [3.63, 3.8) is 0 Å². The minimum absolute atomic E-state index is 0.0980. The highest BCUT2D eigenvalue weighted by Crippen LogP contribution is 2.36. The highest BCUT2D eigenvalue weighted by molar-refractivity contribution is 9.10. The van der Waals surface area contributed by atoms with Crippen LogP contribution in [0.3, 0.4) is 0 Å². The first-order valence-corrected chi connectivity index (χ1v) is 5.33. The van der Waals surface area contributed by atoms with Gasteiger partial charge < -0.3 is 5.11 Å². The lowest BCUT2D eigenvalue weighted by Crippen LogP contribution is -1.88. The van der Waals surface area contributed by atoms with Crippen LogP contribution in [-0.2, 0) is 0 Å². The van der Waals surface area contributed by atoms with E-state index < -0.39 is 0 Å². The summed E-state index contributed by atoms with van der Waals surface area (Å²) in [5.41, 5.74) is 4.53. The van der Waals surface area contributed by atoms with E-state index in [0.717, 1.165) is 15.6 Å². The smallest absolute Gasteiger partial charge is 0.0688 e. The van der Waals surface area contributed by atoms with Crippen LogP contribution in [0, 0.1) is 0 Å². The van der Waals surface area contributed by atoms with E-state index in [9.17, 15) is 5.11 Å². The van der Waals surface area contributed by atoms with E-state index in [1.807, 2.05) is 25.1 Å². The van der Waals surface area contributed by atoms with Crippen molar-refractivity contribution >= 4 is 27.1 Å². The van der Waals surface area contributed by atoms with Gasteiger partial charge in [-0.1, -0.05) is 28.1 Å². The Kier molecular flexibility index (Phi) is 2.57.